The molecule has 2 heterocycles. The van der Waals surface area contributed by atoms with Gasteiger partial charge in [0.15, 0.2) is 0 Å². The van der Waals surface area contributed by atoms with Crippen LogP contribution >= 0.6 is 0 Å². The van der Waals surface area contributed by atoms with Crippen molar-refractivity contribution in [2.45, 2.75) is 31.8 Å². The molecule has 0 spiro atoms. The molecule has 0 fully saturated rings. The molecule has 0 aliphatic carbocycles. The van der Waals surface area contributed by atoms with Crippen LogP contribution in [0.4, 0.5) is 4.39 Å². The van der Waals surface area contributed by atoms with Crippen LogP contribution in [0.5, 0.6) is 0 Å². The molecule has 2 aromatic rings. The molecule has 0 saturated carbocycles. The average Bonchev–Trinajstić information content (AvgIpc) is 2.74. The van der Waals surface area contributed by atoms with Gasteiger partial charge < -0.3 is 10.3 Å². The molecule has 3 rings (SSSR count). The maximum atomic E-state index is 13.1. The standard InChI is InChI=1S/C13H15FN4/c14-10-4-1-3-9(7-10)8-12-16-17-13-11(15)5-2-6-18(12)13/h1,3-4,7,11H,2,5-6,8,15H2. The molecule has 1 aromatic carbocycles. The van der Waals surface area contributed by atoms with Gasteiger partial charge in [-0.2, -0.15) is 0 Å². The third-order valence-electron chi connectivity index (χ3n) is 3.34. The van der Waals surface area contributed by atoms with Gasteiger partial charge in [0, 0.05) is 13.0 Å². The number of hydrogen-bond donors (Lipinski definition) is 1. The van der Waals surface area contributed by atoms with Crippen LogP contribution in [-0.2, 0) is 13.0 Å². The monoisotopic (exact) mass is 246 g/mol. The summed E-state index contributed by atoms with van der Waals surface area (Å²) in [5.41, 5.74) is 6.90. The lowest BCUT2D eigenvalue weighted by Crippen LogP contribution is -2.23. The largest absolute Gasteiger partial charge is 0.321 e. The minimum Gasteiger partial charge on any atom is -0.321 e. The Kier molecular flexibility index (Phi) is 2.83. The van der Waals surface area contributed by atoms with Crippen molar-refractivity contribution in [2.75, 3.05) is 0 Å². The van der Waals surface area contributed by atoms with Crippen LogP contribution in [0.2, 0.25) is 0 Å². The molecule has 1 aliphatic rings. The van der Waals surface area contributed by atoms with Crippen molar-refractivity contribution < 1.29 is 4.39 Å². The highest BCUT2D eigenvalue weighted by Gasteiger charge is 2.22. The van der Waals surface area contributed by atoms with E-state index in [2.05, 4.69) is 14.8 Å². The van der Waals surface area contributed by atoms with Crippen LogP contribution in [0.1, 0.15) is 36.1 Å². The molecular formula is C13H15FN4. The van der Waals surface area contributed by atoms with E-state index in [-0.39, 0.29) is 11.9 Å². The summed E-state index contributed by atoms with van der Waals surface area (Å²) in [6.45, 7) is 0.903. The topological polar surface area (TPSA) is 56.7 Å². The number of rotatable bonds is 2. The molecule has 4 nitrogen and oxygen atoms in total. The summed E-state index contributed by atoms with van der Waals surface area (Å²) < 4.78 is 15.2. The highest BCUT2D eigenvalue weighted by molar-refractivity contribution is 5.21. The van der Waals surface area contributed by atoms with Crippen LogP contribution < -0.4 is 5.73 Å². The van der Waals surface area contributed by atoms with Crippen molar-refractivity contribution in [3.05, 3.63) is 47.3 Å². The van der Waals surface area contributed by atoms with Crippen LogP contribution in [0.15, 0.2) is 24.3 Å². The Morgan fingerprint density at radius 2 is 2.28 bits per heavy atom. The SMILES string of the molecule is NC1CCCn2c(Cc3cccc(F)c3)nnc21. The first-order valence-corrected chi connectivity index (χ1v) is 6.16. The summed E-state index contributed by atoms with van der Waals surface area (Å²) in [7, 11) is 0. The van der Waals surface area contributed by atoms with Crippen LogP contribution in [0.3, 0.4) is 0 Å². The van der Waals surface area contributed by atoms with Crippen molar-refractivity contribution in [3.8, 4) is 0 Å². The lowest BCUT2D eigenvalue weighted by atomic mass is 10.1. The van der Waals surface area contributed by atoms with Crippen molar-refractivity contribution >= 4 is 0 Å². The molecule has 1 unspecified atom stereocenters. The Balaban J connectivity index is 1.90. The predicted molar refractivity (Wildman–Crippen MR) is 65.4 cm³/mol. The third kappa shape index (κ3) is 2.01. The molecule has 18 heavy (non-hydrogen) atoms. The second kappa shape index (κ2) is 4.49. The number of aromatic nitrogens is 3. The Hall–Kier alpha value is -1.75. The summed E-state index contributed by atoms with van der Waals surface area (Å²) in [4.78, 5) is 0. The molecule has 2 N–H and O–H groups in total. The van der Waals surface area contributed by atoms with E-state index in [4.69, 9.17) is 5.73 Å². The van der Waals surface area contributed by atoms with Gasteiger partial charge in [0.2, 0.25) is 0 Å². The van der Waals surface area contributed by atoms with Crippen molar-refractivity contribution in [3.63, 3.8) is 0 Å². The maximum absolute atomic E-state index is 13.1. The first-order valence-electron chi connectivity index (χ1n) is 6.16. The number of halogens is 1. The van der Waals surface area contributed by atoms with E-state index >= 15 is 0 Å². The fourth-order valence-corrected chi connectivity index (χ4v) is 2.43. The molecule has 1 aromatic heterocycles. The number of fused-ring (bicyclic) bond motifs is 1. The van der Waals surface area contributed by atoms with E-state index in [1.165, 1.54) is 12.1 Å². The van der Waals surface area contributed by atoms with Gasteiger partial charge in [0.1, 0.15) is 17.5 Å². The number of hydrogen-bond acceptors (Lipinski definition) is 3. The van der Waals surface area contributed by atoms with Crippen molar-refractivity contribution in [1.82, 2.24) is 14.8 Å². The second-order valence-corrected chi connectivity index (χ2v) is 4.68. The number of benzene rings is 1. The van der Waals surface area contributed by atoms with Gasteiger partial charge in [-0.15, -0.1) is 10.2 Å². The lowest BCUT2D eigenvalue weighted by Gasteiger charge is -2.20. The highest BCUT2D eigenvalue weighted by atomic mass is 19.1. The molecule has 1 atom stereocenters. The van der Waals surface area contributed by atoms with E-state index in [1.807, 2.05) is 6.07 Å². The van der Waals surface area contributed by atoms with E-state index in [1.54, 1.807) is 6.07 Å². The summed E-state index contributed by atoms with van der Waals surface area (Å²) >= 11 is 0. The zero-order valence-corrected chi connectivity index (χ0v) is 10.0. The minimum absolute atomic E-state index is 0.0208. The molecular weight excluding hydrogens is 231 g/mol. The van der Waals surface area contributed by atoms with Crippen molar-refractivity contribution in [1.29, 1.82) is 0 Å². The van der Waals surface area contributed by atoms with Gasteiger partial charge in [-0.25, -0.2) is 4.39 Å². The van der Waals surface area contributed by atoms with Gasteiger partial charge in [-0.3, -0.25) is 0 Å². The van der Waals surface area contributed by atoms with Gasteiger partial charge in [-0.05, 0) is 30.5 Å². The van der Waals surface area contributed by atoms with Crippen molar-refractivity contribution in [2.24, 2.45) is 5.73 Å². The first kappa shape index (κ1) is 11.3. The van der Waals surface area contributed by atoms with E-state index in [9.17, 15) is 4.39 Å². The summed E-state index contributed by atoms with van der Waals surface area (Å²) in [6, 6.07) is 6.56. The Bertz CT molecular complexity index is 564. The van der Waals surface area contributed by atoms with Crippen LogP contribution in [0, 0.1) is 5.82 Å². The predicted octanol–water partition coefficient (Wildman–Crippen LogP) is 1.80. The molecule has 5 heteroatoms. The number of nitrogens with two attached hydrogens (primary N) is 1. The van der Waals surface area contributed by atoms with Gasteiger partial charge in [0.25, 0.3) is 0 Å². The molecule has 0 amide bonds. The molecule has 1 aliphatic heterocycles. The lowest BCUT2D eigenvalue weighted by molar-refractivity contribution is 0.444. The zero-order chi connectivity index (χ0) is 12.5. The summed E-state index contributed by atoms with van der Waals surface area (Å²) in [6.07, 6.45) is 2.60. The highest BCUT2D eigenvalue weighted by Crippen LogP contribution is 2.23. The summed E-state index contributed by atoms with van der Waals surface area (Å²) in [5.74, 6) is 1.50. The maximum Gasteiger partial charge on any atom is 0.149 e. The van der Waals surface area contributed by atoms with E-state index < -0.39 is 0 Å². The van der Waals surface area contributed by atoms with Crippen LogP contribution in [-0.4, -0.2) is 14.8 Å². The Labute approximate surface area is 105 Å². The Morgan fingerprint density at radius 1 is 1.39 bits per heavy atom. The molecule has 0 saturated heterocycles. The quantitative estimate of drug-likeness (QED) is 0.879. The fraction of sp³-hybridized carbons (Fsp3) is 0.385. The Morgan fingerprint density at radius 3 is 3.11 bits per heavy atom. The smallest absolute Gasteiger partial charge is 0.149 e. The van der Waals surface area contributed by atoms with E-state index in [0.29, 0.717) is 6.42 Å². The normalized spacial score (nSPS) is 18.7. The molecule has 0 bridgehead atoms. The molecule has 94 valence electrons. The van der Waals surface area contributed by atoms with Crippen LogP contribution in [0.25, 0.3) is 0 Å². The minimum atomic E-state index is -0.220. The van der Waals surface area contributed by atoms with Gasteiger partial charge in [-0.1, -0.05) is 12.1 Å². The fourth-order valence-electron chi connectivity index (χ4n) is 2.43. The van der Waals surface area contributed by atoms with Gasteiger partial charge >= 0.3 is 0 Å². The summed E-state index contributed by atoms with van der Waals surface area (Å²) in [5, 5.41) is 8.33. The van der Waals surface area contributed by atoms with Gasteiger partial charge in [0.05, 0.1) is 6.04 Å². The average molecular weight is 246 g/mol. The molecule has 0 radical (unpaired) electrons. The van der Waals surface area contributed by atoms with E-state index in [0.717, 1.165) is 36.6 Å². The third-order valence-corrected chi connectivity index (χ3v) is 3.34. The second-order valence-electron chi connectivity index (χ2n) is 4.68. The number of nitrogens with zero attached hydrogens (tertiary/aromatic N) is 3. The first-order chi connectivity index (χ1) is 8.74. The zero-order valence-electron chi connectivity index (χ0n) is 10.0.